The van der Waals surface area contributed by atoms with Gasteiger partial charge in [-0.25, -0.2) is 0 Å². The lowest BCUT2D eigenvalue weighted by atomic mass is 10.0. The van der Waals surface area contributed by atoms with Crippen LogP contribution in [0, 0.1) is 3.57 Å². The van der Waals surface area contributed by atoms with Crippen LogP contribution in [0.3, 0.4) is 0 Å². The molecule has 3 rings (SSSR count). The molecule has 2 atom stereocenters. The van der Waals surface area contributed by atoms with E-state index in [2.05, 4.69) is 42.2 Å². The van der Waals surface area contributed by atoms with Gasteiger partial charge in [-0.1, -0.05) is 22.9 Å². The number of rotatable bonds is 7. The normalized spacial score (nSPS) is 16.1. The first-order valence-electron chi connectivity index (χ1n) is 10.5. The first-order valence-corrected chi connectivity index (χ1v) is 12.4. The number of aromatic hydroxyl groups is 2. The summed E-state index contributed by atoms with van der Waals surface area (Å²) in [4.78, 5) is 29.2. The van der Waals surface area contributed by atoms with Gasteiger partial charge < -0.3 is 36.6 Å². The second-order valence-corrected chi connectivity index (χ2v) is 9.73. The molecule has 0 spiro atoms. The Bertz CT molecular complexity index is 1110. The molecule has 12 heteroatoms. The number of hydrogen-bond donors (Lipinski definition) is 7. The van der Waals surface area contributed by atoms with Gasteiger partial charge in [0.1, 0.15) is 11.5 Å². The minimum absolute atomic E-state index is 0.103. The topological polar surface area (TPSA) is 155 Å². The van der Waals surface area contributed by atoms with E-state index < -0.39 is 24.0 Å². The molecule has 0 aliphatic carbocycles. The van der Waals surface area contributed by atoms with Crippen molar-refractivity contribution in [1.29, 1.82) is 0 Å². The molecule has 0 saturated carbocycles. The van der Waals surface area contributed by atoms with Gasteiger partial charge in [0.15, 0.2) is 5.96 Å². The summed E-state index contributed by atoms with van der Waals surface area (Å²) >= 11 is 5.41. The largest absolute Gasteiger partial charge is 0.508 e. The number of nitrogens with one attached hydrogen (secondary N) is 4. The monoisotopic (exact) mass is 645 g/mol. The van der Waals surface area contributed by atoms with Crippen molar-refractivity contribution in [1.82, 2.24) is 16.0 Å². The van der Waals surface area contributed by atoms with Crippen LogP contribution in [0.15, 0.2) is 39.8 Å². The van der Waals surface area contributed by atoms with Gasteiger partial charge >= 0.3 is 0 Å². The number of carbonyl (C=O) groups is 2. The number of aliphatic hydroxyl groups excluding tert-OH is 1. The van der Waals surface area contributed by atoms with Crippen LogP contribution < -0.4 is 21.3 Å². The van der Waals surface area contributed by atoms with E-state index in [1.165, 1.54) is 18.2 Å². The zero-order valence-corrected chi connectivity index (χ0v) is 22.0. The van der Waals surface area contributed by atoms with Crippen LogP contribution in [0.25, 0.3) is 0 Å². The molecule has 0 radical (unpaired) electrons. The molecule has 1 aliphatic heterocycles. The van der Waals surface area contributed by atoms with Crippen LogP contribution in [0.4, 0.5) is 5.69 Å². The zero-order valence-electron chi connectivity index (χ0n) is 18.2. The highest BCUT2D eigenvalue weighted by Crippen LogP contribution is 2.34. The van der Waals surface area contributed by atoms with E-state index >= 15 is 0 Å². The lowest BCUT2D eigenvalue weighted by Gasteiger charge is -2.20. The van der Waals surface area contributed by atoms with E-state index in [1.54, 1.807) is 12.1 Å². The highest BCUT2D eigenvalue weighted by Gasteiger charge is 2.20. The van der Waals surface area contributed by atoms with Gasteiger partial charge in [-0.3, -0.25) is 14.6 Å². The molecule has 2 amide bonds. The fourth-order valence-electron chi connectivity index (χ4n) is 3.33. The van der Waals surface area contributed by atoms with Crippen molar-refractivity contribution in [3.8, 4) is 11.5 Å². The summed E-state index contributed by atoms with van der Waals surface area (Å²) in [5, 5.41) is 41.1. The van der Waals surface area contributed by atoms with Crippen LogP contribution in [-0.4, -0.2) is 58.8 Å². The van der Waals surface area contributed by atoms with Crippen molar-refractivity contribution >= 4 is 62.0 Å². The summed E-state index contributed by atoms with van der Waals surface area (Å²) in [5.41, 5.74) is 1.15. The quantitative estimate of drug-likeness (QED) is 0.228. The lowest BCUT2D eigenvalue weighted by Crippen LogP contribution is -2.42. The van der Waals surface area contributed by atoms with Crippen LogP contribution >= 0.6 is 38.5 Å². The summed E-state index contributed by atoms with van der Waals surface area (Å²) in [6.07, 6.45) is -0.0263. The number of nitrogens with zero attached hydrogens (tertiary/aromatic N) is 1. The third kappa shape index (κ3) is 6.96. The Morgan fingerprint density at radius 2 is 2.03 bits per heavy atom. The molecule has 0 fully saturated rings. The molecule has 182 valence electrons. The molecule has 2 aromatic rings. The molecule has 0 aromatic heterocycles. The molecule has 1 unspecified atom stereocenters. The number of hydrogen-bond acceptors (Lipinski definition) is 8. The van der Waals surface area contributed by atoms with E-state index in [-0.39, 0.29) is 30.2 Å². The van der Waals surface area contributed by atoms with Crippen molar-refractivity contribution < 1.29 is 24.9 Å². The number of amides is 2. The van der Waals surface area contributed by atoms with Gasteiger partial charge in [-0.15, -0.1) is 0 Å². The maximum atomic E-state index is 12.6. The average Bonchev–Trinajstić information content (AvgIpc) is 2.79. The molecule has 10 nitrogen and oxygen atoms in total. The van der Waals surface area contributed by atoms with E-state index in [0.717, 1.165) is 4.47 Å². The molecule has 0 bridgehead atoms. The van der Waals surface area contributed by atoms with Crippen LogP contribution in [-0.2, 0) is 4.79 Å². The number of phenolic OH excluding ortho intramolecular Hbond substituents is 2. The third-order valence-corrected chi connectivity index (χ3v) is 6.27. The minimum atomic E-state index is -0.564. The zero-order chi connectivity index (χ0) is 24.8. The van der Waals surface area contributed by atoms with Crippen molar-refractivity contribution in [2.24, 2.45) is 4.99 Å². The van der Waals surface area contributed by atoms with Crippen molar-refractivity contribution in [3.63, 3.8) is 0 Å². The number of anilines is 1. The van der Waals surface area contributed by atoms with Gasteiger partial charge in [0.2, 0.25) is 5.91 Å². The molecular formula is C22H25BrIN5O5. The number of halogens is 2. The number of aliphatic imine (C=N–C) groups is 1. The Morgan fingerprint density at radius 1 is 1.26 bits per heavy atom. The average molecular weight is 646 g/mol. The Balaban J connectivity index is 1.61. The maximum absolute atomic E-state index is 12.6. The summed E-state index contributed by atoms with van der Waals surface area (Å²) in [6.45, 7) is 2.17. The summed E-state index contributed by atoms with van der Waals surface area (Å²) in [6, 6.07) is 7.31. The highest BCUT2D eigenvalue weighted by molar-refractivity contribution is 14.1. The first kappa shape index (κ1) is 26.0. The highest BCUT2D eigenvalue weighted by atomic mass is 127. The molecule has 7 N–H and O–H groups in total. The molecule has 1 aliphatic rings. The number of benzene rings is 2. The fourth-order valence-corrected chi connectivity index (χ4v) is 4.88. The molecule has 0 saturated heterocycles. The standard InChI is InChI=1S/C22H25BrIN5O5/c1-2-18(16-5-12(23)6-17(24)20(16)33)29-19(32)10-25-21(34)11-3-13(7-14(30)4-11)28-22-26-8-15(31)9-27-22/h3-7,15,18,30-31,33H,2,8-10H2,1H3,(H,25,34)(H,29,32)(H2,26,27,28)/t18-/m0/s1. The number of β-amino-alcohol motifs (C(OH)–C–C–N with tert-alkyl or cyclic N) is 1. The van der Waals surface area contributed by atoms with Crippen molar-refractivity contribution in [3.05, 3.63) is 49.5 Å². The van der Waals surface area contributed by atoms with E-state index in [1.807, 2.05) is 29.5 Å². The van der Waals surface area contributed by atoms with E-state index in [0.29, 0.717) is 33.7 Å². The molecule has 2 aromatic carbocycles. The van der Waals surface area contributed by atoms with Gasteiger partial charge in [0, 0.05) is 33.9 Å². The Kier molecular flexibility index (Phi) is 8.97. The summed E-state index contributed by atoms with van der Waals surface area (Å²) in [5.74, 6) is -0.589. The lowest BCUT2D eigenvalue weighted by molar-refractivity contribution is -0.120. The van der Waals surface area contributed by atoms with Gasteiger partial charge in [-0.2, -0.15) is 0 Å². The smallest absolute Gasteiger partial charge is 0.251 e. The Hall–Kier alpha value is -2.58. The minimum Gasteiger partial charge on any atom is -0.508 e. The predicted molar refractivity (Wildman–Crippen MR) is 140 cm³/mol. The number of phenols is 2. The Labute approximate surface area is 218 Å². The summed E-state index contributed by atoms with van der Waals surface area (Å²) < 4.78 is 1.44. The van der Waals surface area contributed by atoms with Gasteiger partial charge in [-0.05, 0) is 53.3 Å². The molecular weight excluding hydrogens is 621 g/mol. The summed E-state index contributed by atoms with van der Waals surface area (Å²) in [7, 11) is 0. The van der Waals surface area contributed by atoms with E-state index in [9.17, 15) is 24.9 Å². The first-order chi connectivity index (χ1) is 16.2. The van der Waals surface area contributed by atoms with Crippen LogP contribution in [0.1, 0.15) is 35.3 Å². The second kappa shape index (κ2) is 11.7. The second-order valence-electron chi connectivity index (χ2n) is 7.65. The fraction of sp³-hybridized carbons (Fsp3) is 0.318. The number of carbonyl (C=O) groups excluding carboxylic acids is 2. The SMILES string of the molecule is CC[C@H](NC(=O)CNC(=O)c1cc(O)cc(NC2=NCC(O)CN2)c1)c1cc(Br)cc(I)c1O. The molecule has 34 heavy (non-hydrogen) atoms. The van der Waals surface area contributed by atoms with Crippen molar-refractivity contribution in [2.75, 3.05) is 25.0 Å². The molecule has 1 heterocycles. The van der Waals surface area contributed by atoms with Crippen LogP contribution in [0.5, 0.6) is 11.5 Å². The van der Waals surface area contributed by atoms with Crippen LogP contribution in [0.2, 0.25) is 0 Å². The maximum Gasteiger partial charge on any atom is 0.251 e. The van der Waals surface area contributed by atoms with Gasteiger partial charge in [0.05, 0.1) is 28.8 Å². The Morgan fingerprint density at radius 3 is 2.71 bits per heavy atom. The number of aliphatic hydroxyl groups is 1. The van der Waals surface area contributed by atoms with Gasteiger partial charge in [0.25, 0.3) is 5.91 Å². The predicted octanol–water partition coefficient (Wildman–Crippen LogP) is 2.19. The number of guanidine groups is 1. The van der Waals surface area contributed by atoms with Crippen molar-refractivity contribution in [2.45, 2.75) is 25.5 Å². The third-order valence-electron chi connectivity index (χ3n) is 4.99. The van der Waals surface area contributed by atoms with E-state index in [4.69, 9.17) is 0 Å².